The first-order chi connectivity index (χ1) is 35.1. The molecule has 7 heterocycles. The summed E-state index contributed by atoms with van der Waals surface area (Å²) in [5, 5.41) is 6.26. The van der Waals surface area contributed by atoms with Gasteiger partial charge in [0.1, 0.15) is 5.52 Å². The Kier molecular flexibility index (Phi) is 9.35. The molecule has 0 spiro atoms. The van der Waals surface area contributed by atoms with E-state index >= 15 is 0 Å². The van der Waals surface area contributed by atoms with Gasteiger partial charge in [0, 0.05) is 79.5 Å². The molecule has 71 heavy (non-hydrogen) atoms. The lowest BCUT2D eigenvalue weighted by atomic mass is 9.92. The zero-order valence-electron chi connectivity index (χ0n) is 37.9. The zero-order chi connectivity index (χ0) is 46.8. The van der Waals surface area contributed by atoms with Crippen LogP contribution in [0, 0.1) is 0 Å². The van der Waals surface area contributed by atoms with Crippen LogP contribution in [0.2, 0.25) is 0 Å². The van der Waals surface area contributed by atoms with Crippen molar-refractivity contribution in [2.45, 2.75) is 0 Å². The Morgan fingerprint density at radius 3 is 1.07 bits per heavy atom. The molecular formula is C63H37N7O. The molecule has 330 valence electrons. The van der Waals surface area contributed by atoms with Gasteiger partial charge in [0.05, 0.1) is 44.8 Å². The highest BCUT2D eigenvalue weighted by Crippen LogP contribution is 2.41. The van der Waals surface area contributed by atoms with E-state index in [0.29, 0.717) is 11.5 Å². The van der Waals surface area contributed by atoms with Gasteiger partial charge in [-0.2, -0.15) is 0 Å². The second kappa shape index (κ2) is 16.5. The molecule has 7 aromatic heterocycles. The van der Waals surface area contributed by atoms with E-state index in [1.54, 1.807) is 0 Å². The van der Waals surface area contributed by atoms with Crippen molar-refractivity contribution in [3.8, 4) is 78.7 Å². The fourth-order valence-electron chi connectivity index (χ4n) is 10.1. The van der Waals surface area contributed by atoms with Crippen molar-refractivity contribution in [1.82, 2.24) is 34.9 Å². The smallest absolute Gasteiger partial charge is 0.227 e. The molecule has 0 radical (unpaired) electrons. The van der Waals surface area contributed by atoms with Gasteiger partial charge in [0.25, 0.3) is 0 Å². The van der Waals surface area contributed by atoms with Gasteiger partial charge in [-0.3, -0.25) is 19.9 Å². The van der Waals surface area contributed by atoms with E-state index in [4.69, 9.17) is 39.3 Å². The van der Waals surface area contributed by atoms with E-state index < -0.39 is 0 Å². The summed E-state index contributed by atoms with van der Waals surface area (Å²) in [4.78, 5) is 35.6. The topological polar surface area (TPSA) is 103 Å². The molecule has 8 nitrogen and oxygen atoms in total. The Balaban J connectivity index is 1.06. The van der Waals surface area contributed by atoms with Gasteiger partial charge in [0.15, 0.2) is 5.58 Å². The maximum absolute atomic E-state index is 6.74. The quantitative estimate of drug-likeness (QED) is 0.156. The first-order valence-electron chi connectivity index (χ1n) is 23.5. The van der Waals surface area contributed by atoms with Crippen LogP contribution in [0.25, 0.3) is 144 Å². The van der Waals surface area contributed by atoms with Crippen molar-refractivity contribution in [3.05, 3.63) is 225 Å². The molecule has 0 amide bonds. The van der Waals surface area contributed by atoms with Crippen LogP contribution in [-0.2, 0) is 0 Å². The molecule has 0 aliphatic carbocycles. The van der Waals surface area contributed by atoms with Gasteiger partial charge in [-0.15, -0.1) is 0 Å². The number of fused-ring (bicyclic) bond motifs is 7. The monoisotopic (exact) mass is 907 g/mol. The predicted octanol–water partition coefficient (Wildman–Crippen LogP) is 15.6. The molecule has 0 saturated heterocycles. The number of benzene rings is 7. The van der Waals surface area contributed by atoms with E-state index in [2.05, 4.69) is 158 Å². The molecule has 7 aromatic carbocycles. The molecule has 0 aliphatic heterocycles. The molecule has 0 bridgehead atoms. The van der Waals surface area contributed by atoms with Gasteiger partial charge in [-0.25, -0.2) is 15.0 Å². The van der Waals surface area contributed by atoms with Crippen LogP contribution in [0.5, 0.6) is 0 Å². The summed E-state index contributed by atoms with van der Waals surface area (Å²) in [6, 6.07) is 68.9. The second-order valence-electron chi connectivity index (χ2n) is 17.7. The summed E-state index contributed by atoms with van der Waals surface area (Å²) >= 11 is 0. The largest absolute Gasteiger partial charge is 0.436 e. The van der Waals surface area contributed by atoms with Crippen LogP contribution in [-0.4, -0.2) is 34.9 Å². The van der Waals surface area contributed by atoms with Crippen LogP contribution in [0.3, 0.4) is 0 Å². The van der Waals surface area contributed by atoms with Crippen molar-refractivity contribution in [2.24, 2.45) is 0 Å². The maximum atomic E-state index is 6.74. The Hall–Kier alpha value is -9.79. The first-order valence-corrected chi connectivity index (χ1v) is 23.5. The molecular weight excluding hydrogens is 871 g/mol. The number of rotatable bonds is 7. The van der Waals surface area contributed by atoms with Crippen molar-refractivity contribution in [2.75, 3.05) is 0 Å². The predicted molar refractivity (Wildman–Crippen MR) is 286 cm³/mol. The zero-order valence-corrected chi connectivity index (χ0v) is 37.9. The molecule has 0 aliphatic rings. The minimum Gasteiger partial charge on any atom is -0.436 e. The number of hydrogen-bond donors (Lipinski definition) is 0. The Morgan fingerprint density at radius 1 is 0.268 bits per heavy atom. The summed E-state index contributed by atoms with van der Waals surface area (Å²) in [5.74, 6) is 0.511. The summed E-state index contributed by atoms with van der Waals surface area (Å²) in [7, 11) is 0. The Labute approximate surface area is 406 Å². The van der Waals surface area contributed by atoms with Crippen LogP contribution in [0.15, 0.2) is 229 Å². The van der Waals surface area contributed by atoms with Crippen LogP contribution in [0.4, 0.5) is 0 Å². The molecule has 14 rings (SSSR count). The van der Waals surface area contributed by atoms with Gasteiger partial charge >= 0.3 is 0 Å². The minimum absolute atomic E-state index is 0.511. The van der Waals surface area contributed by atoms with Crippen LogP contribution >= 0.6 is 0 Å². The van der Waals surface area contributed by atoms with Crippen LogP contribution < -0.4 is 0 Å². The van der Waals surface area contributed by atoms with E-state index in [1.807, 2.05) is 67.3 Å². The summed E-state index contributed by atoms with van der Waals surface area (Å²) in [6.45, 7) is 0. The number of para-hydroxylation sites is 4. The second-order valence-corrected chi connectivity index (χ2v) is 17.7. The molecule has 0 N–H and O–H groups in total. The van der Waals surface area contributed by atoms with E-state index in [0.717, 1.165) is 133 Å². The fraction of sp³-hybridized carbons (Fsp3) is 0. The third kappa shape index (κ3) is 7.04. The highest BCUT2D eigenvalue weighted by molar-refractivity contribution is 6.05. The molecule has 14 aromatic rings. The van der Waals surface area contributed by atoms with E-state index in [1.165, 1.54) is 0 Å². The number of oxazole rings is 1. The summed E-state index contributed by atoms with van der Waals surface area (Å²) in [5.41, 5.74) is 16.5. The number of aromatic nitrogens is 7. The van der Waals surface area contributed by atoms with Gasteiger partial charge in [-0.05, 0) is 100 Å². The first kappa shape index (κ1) is 40.3. The minimum atomic E-state index is 0.511. The Morgan fingerprint density at radius 2 is 0.634 bits per heavy atom. The summed E-state index contributed by atoms with van der Waals surface area (Å²) in [6.07, 6.45) is 7.35. The Bertz CT molecular complexity index is 4010. The fourth-order valence-corrected chi connectivity index (χ4v) is 10.1. The van der Waals surface area contributed by atoms with E-state index in [9.17, 15) is 0 Å². The third-order valence-corrected chi connectivity index (χ3v) is 13.4. The average Bonchev–Trinajstić information content (AvgIpc) is 3.90. The normalized spacial score (nSPS) is 11.7. The SMILES string of the molecule is c1cnc2c(-c3cc(-c4cc(-c5cc(-c6cccc7cccnc67)nc(-c6cccc7cccnc67)c5)cc(-c5nc6c(ccc7ccccc76)o5)c4)cc(-c4cccc5cccnc45)n3)cccc2c1. The molecule has 0 saturated carbocycles. The van der Waals surface area contributed by atoms with Crippen LogP contribution in [0.1, 0.15) is 0 Å². The number of pyridine rings is 6. The van der Waals surface area contributed by atoms with E-state index in [-0.39, 0.29) is 0 Å². The number of nitrogens with zero attached hydrogens (tertiary/aromatic N) is 7. The average molecular weight is 908 g/mol. The standard InChI is InChI=1S/C63H37N7O/c1-2-20-48-38(11-1)25-26-57-62(48)70-63(71-57)47-32-43(45-34-53(49-21-3-12-39-16-7-27-64-58(39)49)68-54(35-45)50-22-4-13-40-17-8-28-65-59(40)50)31-44(33-47)46-36-55(51-23-5-14-41-18-9-29-66-60(41)51)69-56(37-46)52-24-6-15-42-19-10-30-67-61(42)52/h1-37H. The van der Waals surface area contributed by atoms with Gasteiger partial charge < -0.3 is 4.42 Å². The van der Waals surface area contributed by atoms with Crippen molar-refractivity contribution >= 4 is 65.5 Å². The van der Waals surface area contributed by atoms with Gasteiger partial charge in [-0.1, -0.05) is 127 Å². The van der Waals surface area contributed by atoms with Crippen molar-refractivity contribution in [3.63, 3.8) is 0 Å². The lowest BCUT2D eigenvalue weighted by molar-refractivity contribution is 0.620. The summed E-state index contributed by atoms with van der Waals surface area (Å²) < 4.78 is 6.74. The third-order valence-electron chi connectivity index (χ3n) is 13.4. The van der Waals surface area contributed by atoms with Crippen molar-refractivity contribution in [1.29, 1.82) is 0 Å². The highest BCUT2D eigenvalue weighted by atomic mass is 16.3. The lowest BCUT2D eigenvalue weighted by Gasteiger charge is -2.16. The maximum Gasteiger partial charge on any atom is 0.227 e. The lowest BCUT2D eigenvalue weighted by Crippen LogP contribution is -1.96. The van der Waals surface area contributed by atoms with Gasteiger partial charge in [0.2, 0.25) is 5.89 Å². The molecule has 8 heteroatoms. The van der Waals surface area contributed by atoms with Crippen molar-refractivity contribution < 1.29 is 4.42 Å². The highest BCUT2D eigenvalue weighted by Gasteiger charge is 2.20. The molecule has 0 atom stereocenters. The molecule has 0 fully saturated rings. The molecule has 0 unspecified atom stereocenters. The number of hydrogen-bond acceptors (Lipinski definition) is 8.